The molecule has 0 bridgehead atoms. The van der Waals surface area contributed by atoms with Crippen LogP contribution in [0.25, 0.3) is 0 Å². The number of aliphatic hydroxyl groups excluding tert-OH is 1. The first-order valence-electron chi connectivity index (χ1n) is 4.74. The molecule has 1 unspecified atom stereocenters. The molecule has 1 aromatic heterocycles. The van der Waals surface area contributed by atoms with Crippen molar-refractivity contribution in [1.29, 1.82) is 0 Å². The van der Waals surface area contributed by atoms with Gasteiger partial charge >= 0.3 is 0 Å². The van der Waals surface area contributed by atoms with Gasteiger partial charge in [-0.1, -0.05) is 13.8 Å². The van der Waals surface area contributed by atoms with Gasteiger partial charge in [-0.05, 0) is 6.42 Å². The molecule has 14 heavy (non-hydrogen) atoms. The van der Waals surface area contributed by atoms with Crippen molar-refractivity contribution in [2.45, 2.75) is 32.7 Å². The van der Waals surface area contributed by atoms with Gasteiger partial charge in [0.15, 0.2) is 11.6 Å². The van der Waals surface area contributed by atoms with Crippen LogP contribution in [0.4, 0.5) is 10.2 Å². The highest BCUT2D eigenvalue weighted by Crippen LogP contribution is 2.24. The Balaban J connectivity index is 3.01. The van der Waals surface area contributed by atoms with E-state index in [1.54, 1.807) is 0 Å². The maximum absolute atomic E-state index is 13.5. The molecular weight excluding hydrogens is 185 g/mol. The molecule has 80 valence electrons. The summed E-state index contributed by atoms with van der Waals surface area (Å²) in [6.07, 6.45) is 0.812. The van der Waals surface area contributed by atoms with E-state index in [4.69, 9.17) is 10.8 Å². The molecule has 4 nitrogen and oxygen atoms in total. The summed E-state index contributed by atoms with van der Waals surface area (Å²) in [6.45, 7) is 4.00. The van der Waals surface area contributed by atoms with E-state index in [0.29, 0.717) is 5.69 Å². The SMILES string of the molecule is CCC(C)c1nn(CCO)c(N)c1F. The zero-order chi connectivity index (χ0) is 10.7. The maximum Gasteiger partial charge on any atom is 0.188 e. The summed E-state index contributed by atoms with van der Waals surface area (Å²) >= 11 is 0. The number of rotatable bonds is 4. The van der Waals surface area contributed by atoms with E-state index in [2.05, 4.69) is 5.10 Å². The van der Waals surface area contributed by atoms with Crippen molar-refractivity contribution >= 4 is 5.82 Å². The first-order chi connectivity index (χ1) is 6.61. The Morgan fingerprint density at radius 3 is 2.79 bits per heavy atom. The van der Waals surface area contributed by atoms with Crippen LogP contribution in [0.2, 0.25) is 0 Å². The zero-order valence-electron chi connectivity index (χ0n) is 8.50. The highest BCUT2D eigenvalue weighted by Gasteiger charge is 2.18. The van der Waals surface area contributed by atoms with Crippen LogP contribution in [-0.4, -0.2) is 21.5 Å². The topological polar surface area (TPSA) is 64.1 Å². The van der Waals surface area contributed by atoms with Crippen LogP contribution in [0, 0.1) is 5.82 Å². The van der Waals surface area contributed by atoms with Crippen LogP contribution in [0.5, 0.6) is 0 Å². The fraction of sp³-hybridized carbons (Fsp3) is 0.667. The van der Waals surface area contributed by atoms with Crippen molar-refractivity contribution in [3.63, 3.8) is 0 Å². The molecule has 0 aliphatic heterocycles. The van der Waals surface area contributed by atoms with Gasteiger partial charge in [0, 0.05) is 5.92 Å². The normalized spacial score (nSPS) is 13.1. The lowest BCUT2D eigenvalue weighted by atomic mass is 10.1. The number of hydrogen-bond acceptors (Lipinski definition) is 3. The van der Waals surface area contributed by atoms with Gasteiger partial charge in [0.1, 0.15) is 5.69 Å². The number of halogens is 1. The molecular formula is C9H16FN3O. The Morgan fingerprint density at radius 2 is 2.29 bits per heavy atom. The van der Waals surface area contributed by atoms with Gasteiger partial charge in [0.25, 0.3) is 0 Å². The van der Waals surface area contributed by atoms with Gasteiger partial charge in [-0.15, -0.1) is 0 Å². The molecule has 0 fully saturated rings. The van der Waals surface area contributed by atoms with E-state index < -0.39 is 5.82 Å². The third-order valence-corrected chi connectivity index (χ3v) is 2.35. The molecule has 3 N–H and O–H groups in total. The van der Waals surface area contributed by atoms with Crippen molar-refractivity contribution < 1.29 is 9.50 Å². The molecule has 1 aromatic rings. The standard InChI is InChI=1S/C9H16FN3O/c1-3-6(2)8-7(10)9(11)13(12-8)4-5-14/h6,14H,3-5,11H2,1-2H3. The van der Waals surface area contributed by atoms with Crippen molar-refractivity contribution in [3.05, 3.63) is 11.5 Å². The molecule has 0 aliphatic rings. The molecule has 0 saturated carbocycles. The lowest BCUT2D eigenvalue weighted by Gasteiger charge is -2.03. The van der Waals surface area contributed by atoms with Gasteiger partial charge in [0.2, 0.25) is 0 Å². The number of nitrogens with zero attached hydrogens (tertiary/aromatic N) is 2. The van der Waals surface area contributed by atoms with Crippen molar-refractivity contribution in [3.8, 4) is 0 Å². The number of aliphatic hydroxyl groups is 1. The first kappa shape index (κ1) is 11.0. The van der Waals surface area contributed by atoms with E-state index in [0.717, 1.165) is 6.42 Å². The summed E-state index contributed by atoms with van der Waals surface area (Å²) in [6, 6.07) is 0. The van der Waals surface area contributed by atoms with E-state index >= 15 is 0 Å². The first-order valence-corrected chi connectivity index (χ1v) is 4.74. The minimum Gasteiger partial charge on any atom is -0.394 e. The Hall–Kier alpha value is -1.10. The largest absolute Gasteiger partial charge is 0.394 e. The van der Waals surface area contributed by atoms with Gasteiger partial charge in [0.05, 0.1) is 13.2 Å². The molecule has 0 spiro atoms. The summed E-state index contributed by atoms with van der Waals surface area (Å²) in [4.78, 5) is 0. The summed E-state index contributed by atoms with van der Waals surface area (Å²) in [5.74, 6) is -0.389. The number of nitrogens with two attached hydrogens (primary N) is 1. The van der Waals surface area contributed by atoms with Crippen LogP contribution in [-0.2, 0) is 6.54 Å². The molecule has 1 atom stereocenters. The number of nitrogen functional groups attached to an aromatic ring is 1. The summed E-state index contributed by atoms with van der Waals surface area (Å²) in [5, 5.41) is 12.7. The van der Waals surface area contributed by atoms with Crippen LogP contribution < -0.4 is 5.73 Å². The second-order valence-electron chi connectivity index (χ2n) is 3.34. The van der Waals surface area contributed by atoms with Crippen LogP contribution in [0.3, 0.4) is 0 Å². The molecule has 0 saturated heterocycles. The van der Waals surface area contributed by atoms with E-state index in [-0.39, 0.29) is 24.9 Å². The molecule has 0 radical (unpaired) electrons. The smallest absolute Gasteiger partial charge is 0.188 e. The van der Waals surface area contributed by atoms with E-state index in [9.17, 15) is 4.39 Å². The van der Waals surface area contributed by atoms with Crippen molar-refractivity contribution in [2.24, 2.45) is 0 Å². The van der Waals surface area contributed by atoms with E-state index in [1.165, 1.54) is 4.68 Å². The summed E-state index contributed by atoms with van der Waals surface area (Å²) in [7, 11) is 0. The van der Waals surface area contributed by atoms with Crippen LogP contribution in [0.15, 0.2) is 0 Å². The van der Waals surface area contributed by atoms with Gasteiger partial charge in [-0.2, -0.15) is 5.10 Å². The minimum atomic E-state index is -0.451. The monoisotopic (exact) mass is 201 g/mol. The van der Waals surface area contributed by atoms with Gasteiger partial charge in [-0.25, -0.2) is 9.07 Å². The number of aromatic nitrogens is 2. The van der Waals surface area contributed by atoms with Crippen molar-refractivity contribution in [1.82, 2.24) is 9.78 Å². The highest BCUT2D eigenvalue weighted by atomic mass is 19.1. The summed E-state index contributed by atoms with van der Waals surface area (Å²) < 4.78 is 14.8. The average Bonchev–Trinajstić information content (AvgIpc) is 2.46. The highest BCUT2D eigenvalue weighted by molar-refractivity contribution is 5.34. The zero-order valence-corrected chi connectivity index (χ0v) is 8.50. The Bertz CT molecular complexity index is 311. The second kappa shape index (κ2) is 4.41. The third-order valence-electron chi connectivity index (χ3n) is 2.35. The molecule has 1 heterocycles. The van der Waals surface area contributed by atoms with Gasteiger partial charge < -0.3 is 10.8 Å². The Kier molecular flexibility index (Phi) is 3.46. The lowest BCUT2D eigenvalue weighted by Crippen LogP contribution is -2.08. The van der Waals surface area contributed by atoms with Crippen molar-refractivity contribution in [2.75, 3.05) is 12.3 Å². The average molecular weight is 201 g/mol. The predicted octanol–water partition coefficient (Wildman–Crippen LogP) is 1.11. The summed E-state index contributed by atoms with van der Waals surface area (Å²) in [5.41, 5.74) is 5.88. The third kappa shape index (κ3) is 1.87. The Morgan fingerprint density at radius 1 is 1.64 bits per heavy atom. The predicted molar refractivity (Wildman–Crippen MR) is 52.4 cm³/mol. The molecule has 0 aliphatic carbocycles. The second-order valence-corrected chi connectivity index (χ2v) is 3.34. The molecule has 5 heteroatoms. The maximum atomic E-state index is 13.5. The number of hydrogen-bond donors (Lipinski definition) is 2. The Labute approximate surface area is 82.5 Å². The van der Waals surface area contributed by atoms with E-state index in [1.807, 2.05) is 13.8 Å². The number of anilines is 1. The van der Waals surface area contributed by atoms with Crippen LogP contribution in [0.1, 0.15) is 31.9 Å². The fourth-order valence-corrected chi connectivity index (χ4v) is 1.25. The fourth-order valence-electron chi connectivity index (χ4n) is 1.25. The van der Waals surface area contributed by atoms with Gasteiger partial charge in [-0.3, -0.25) is 0 Å². The minimum absolute atomic E-state index is 0.00866. The molecule has 0 amide bonds. The molecule has 0 aromatic carbocycles. The molecule has 1 rings (SSSR count). The quantitative estimate of drug-likeness (QED) is 0.767. The van der Waals surface area contributed by atoms with Crippen LogP contribution >= 0.6 is 0 Å². The lowest BCUT2D eigenvalue weighted by molar-refractivity contribution is 0.270.